The number of H-pyrrole nitrogens is 1. The van der Waals surface area contributed by atoms with E-state index in [2.05, 4.69) is 9.97 Å². The van der Waals surface area contributed by atoms with Crippen LogP contribution in [0.1, 0.15) is 51.7 Å². The summed E-state index contributed by atoms with van der Waals surface area (Å²) in [7, 11) is 0. The number of nitrogens with one attached hydrogen (secondary N) is 1. The van der Waals surface area contributed by atoms with Gasteiger partial charge in [-0.15, -0.1) is 0 Å². The average molecular weight is 272 g/mol. The number of hydrogen-bond donors (Lipinski definition) is 2. The summed E-state index contributed by atoms with van der Waals surface area (Å²) in [5.74, 6) is -1.14. The van der Waals surface area contributed by atoms with Gasteiger partial charge in [0.05, 0.1) is 22.6 Å². The molecular weight excluding hydrogens is 256 g/mol. The molecule has 20 heavy (non-hydrogen) atoms. The summed E-state index contributed by atoms with van der Waals surface area (Å²) in [5.41, 5.74) is 2.99. The molecule has 0 aliphatic rings. The van der Waals surface area contributed by atoms with Crippen LogP contribution in [0.5, 0.6) is 0 Å². The predicted octanol–water partition coefficient (Wildman–Crippen LogP) is 3.02. The number of nitrogens with zero attached hydrogens (tertiary/aromatic N) is 1. The molecule has 2 N–H and O–H groups in total. The first kappa shape index (κ1) is 14.0. The van der Waals surface area contributed by atoms with Gasteiger partial charge in [-0.05, 0) is 36.1 Å². The Balaban J connectivity index is 2.76. The lowest BCUT2D eigenvalue weighted by Gasteiger charge is -2.09. The summed E-state index contributed by atoms with van der Waals surface area (Å²) in [4.78, 5) is 29.7. The van der Waals surface area contributed by atoms with Gasteiger partial charge in [-0.25, -0.2) is 4.79 Å². The zero-order valence-corrected chi connectivity index (χ0v) is 11.6. The van der Waals surface area contributed by atoms with Crippen LogP contribution in [0.4, 0.5) is 0 Å². The van der Waals surface area contributed by atoms with Gasteiger partial charge in [-0.1, -0.05) is 13.8 Å². The second kappa shape index (κ2) is 5.28. The third-order valence-electron chi connectivity index (χ3n) is 3.15. The highest BCUT2D eigenvalue weighted by Crippen LogP contribution is 2.32. The zero-order valence-electron chi connectivity index (χ0n) is 11.6. The highest BCUT2D eigenvalue weighted by atomic mass is 16.4. The molecule has 0 fully saturated rings. The maximum absolute atomic E-state index is 11.4. The minimum atomic E-state index is -1.11. The van der Waals surface area contributed by atoms with Crippen LogP contribution < -0.4 is 0 Å². The molecule has 0 amide bonds. The van der Waals surface area contributed by atoms with Crippen molar-refractivity contribution in [1.29, 1.82) is 0 Å². The van der Waals surface area contributed by atoms with Gasteiger partial charge < -0.3 is 10.1 Å². The fourth-order valence-electron chi connectivity index (χ4n) is 2.31. The molecule has 5 nitrogen and oxygen atoms in total. The van der Waals surface area contributed by atoms with E-state index in [1.54, 1.807) is 6.20 Å². The SMILES string of the molecule is Cc1ccnc(-c2[nH]c(C=O)c(C(=O)O)c2C(C)C)c1. The van der Waals surface area contributed by atoms with Crippen molar-refractivity contribution in [2.75, 3.05) is 0 Å². The average Bonchev–Trinajstić information content (AvgIpc) is 2.78. The van der Waals surface area contributed by atoms with Gasteiger partial charge in [-0.2, -0.15) is 0 Å². The quantitative estimate of drug-likeness (QED) is 0.838. The van der Waals surface area contributed by atoms with E-state index in [0.717, 1.165) is 5.56 Å². The highest BCUT2D eigenvalue weighted by Gasteiger charge is 2.25. The van der Waals surface area contributed by atoms with Gasteiger partial charge in [0, 0.05) is 6.20 Å². The van der Waals surface area contributed by atoms with Gasteiger partial charge >= 0.3 is 5.97 Å². The molecule has 0 saturated carbocycles. The minimum Gasteiger partial charge on any atom is -0.478 e. The van der Waals surface area contributed by atoms with Crippen LogP contribution in [-0.4, -0.2) is 27.3 Å². The molecule has 0 unspecified atom stereocenters. The molecular formula is C15H16N2O3. The van der Waals surface area contributed by atoms with Gasteiger partial charge in [-0.3, -0.25) is 9.78 Å². The number of carbonyl (C=O) groups excluding carboxylic acids is 1. The van der Waals surface area contributed by atoms with Gasteiger partial charge in [0.25, 0.3) is 0 Å². The lowest BCUT2D eigenvalue weighted by Crippen LogP contribution is -2.04. The number of carboxylic acid groups (broad SMARTS) is 1. The summed E-state index contributed by atoms with van der Waals surface area (Å²) in [6.45, 7) is 5.72. The van der Waals surface area contributed by atoms with Gasteiger partial charge in [0.2, 0.25) is 0 Å². The van der Waals surface area contributed by atoms with Crippen molar-refractivity contribution in [2.45, 2.75) is 26.7 Å². The number of hydrogen-bond acceptors (Lipinski definition) is 3. The van der Waals surface area contributed by atoms with Gasteiger partial charge in [0.1, 0.15) is 0 Å². The predicted molar refractivity (Wildman–Crippen MR) is 75.2 cm³/mol. The lowest BCUT2D eigenvalue weighted by molar-refractivity contribution is 0.0692. The van der Waals surface area contributed by atoms with Crippen LogP contribution >= 0.6 is 0 Å². The van der Waals surface area contributed by atoms with Crippen LogP contribution in [0.2, 0.25) is 0 Å². The summed E-state index contributed by atoms with van der Waals surface area (Å²) in [6.07, 6.45) is 2.20. The molecule has 0 spiro atoms. The monoisotopic (exact) mass is 272 g/mol. The van der Waals surface area contributed by atoms with Crippen LogP contribution in [0, 0.1) is 6.92 Å². The van der Waals surface area contributed by atoms with E-state index in [1.165, 1.54) is 0 Å². The van der Waals surface area contributed by atoms with Gasteiger partial charge in [0.15, 0.2) is 6.29 Å². The van der Waals surface area contributed by atoms with Crippen molar-refractivity contribution in [2.24, 2.45) is 0 Å². The summed E-state index contributed by atoms with van der Waals surface area (Å²) < 4.78 is 0. The van der Waals surface area contributed by atoms with E-state index >= 15 is 0 Å². The van der Waals surface area contributed by atoms with E-state index in [-0.39, 0.29) is 17.2 Å². The third-order valence-corrected chi connectivity index (χ3v) is 3.15. The molecule has 5 heteroatoms. The summed E-state index contributed by atoms with van der Waals surface area (Å²) in [6, 6.07) is 3.72. The molecule has 0 aliphatic heterocycles. The first-order valence-electron chi connectivity index (χ1n) is 6.33. The van der Waals surface area contributed by atoms with E-state index in [1.807, 2.05) is 32.9 Å². The fourth-order valence-corrected chi connectivity index (χ4v) is 2.31. The van der Waals surface area contributed by atoms with Crippen molar-refractivity contribution in [1.82, 2.24) is 9.97 Å². The molecule has 2 heterocycles. The molecule has 0 bridgehead atoms. The minimum absolute atomic E-state index is 0.0355. The molecule has 2 aromatic heterocycles. The molecule has 2 rings (SSSR count). The molecule has 0 radical (unpaired) electrons. The number of aryl methyl sites for hydroxylation is 1. The Labute approximate surface area is 116 Å². The number of aromatic amines is 1. The Hall–Kier alpha value is -2.43. The summed E-state index contributed by atoms with van der Waals surface area (Å²) >= 11 is 0. The number of carbonyl (C=O) groups is 2. The second-order valence-corrected chi connectivity index (χ2v) is 5.00. The number of aromatic carboxylic acids is 1. The number of carboxylic acids is 1. The number of pyridine rings is 1. The Morgan fingerprint density at radius 2 is 2.15 bits per heavy atom. The lowest BCUT2D eigenvalue weighted by atomic mass is 9.96. The largest absolute Gasteiger partial charge is 0.478 e. The Kier molecular flexibility index (Phi) is 3.70. The van der Waals surface area contributed by atoms with Crippen LogP contribution in [-0.2, 0) is 0 Å². The highest BCUT2D eigenvalue weighted by molar-refractivity contribution is 6.00. The van der Waals surface area contributed by atoms with Crippen molar-refractivity contribution < 1.29 is 14.7 Å². The third kappa shape index (κ3) is 2.34. The first-order chi connectivity index (χ1) is 9.45. The fraction of sp³-hybridized carbons (Fsp3) is 0.267. The molecule has 0 saturated heterocycles. The van der Waals surface area contributed by atoms with E-state index in [0.29, 0.717) is 23.2 Å². The van der Waals surface area contributed by atoms with Crippen molar-refractivity contribution in [3.63, 3.8) is 0 Å². The van der Waals surface area contributed by atoms with E-state index in [9.17, 15) is 14.7 Å². The maximum Gasteiger partial charge on any atom is 0.338 e. The van der Waals surface area contributed by atoms with Crippen molar-refractivity contribution in [3.8, 4) is 11.4 Å². The topological polar surface area (TPSA) is 83.0 Å². The van der Waals surface area contributed by atoms with E-state index < -0.39 is 5.97 Å². The second-order valence-electron chi connectivity index (χ2n) is 5.00. The molecule has 0 aromatic carbocycles. The first-order valence-corrected chi connectivity index (χ1v) is 6.33. The van der Waals surface area contributed by atoms with Crippen LogP contribution in [0.25, 0.3) is 11.4 Å². The molecule has 0 atom stereocenters. The van der Waals surface area contributed by atoms with Crippen molar-refractivity contribution >= 4 is 12.3 Å². The number of aldehydes is 1. The number of rotatable bonds is 4. The Morgan fingerprint density at radius 1 is 1.45 bits per heavy atom. The van der Waals surface area contributed by atoms with Crippen LogP contribution in [0.3, 0.4) is 0 Å². The maximum atomic E-state index is 11.4. The molecule has 2 aromatic rings. The Morgan fingerprint density at radius 3 is 2.65 bits per heavy atom. The smallest absolute Gasteiger partial charge is 0.338 e. The molecule has 104 valence electrons. The zero-order chi connectivity index (χ0) is 14.9. The normalized spacial score (nSPS) is 10.8. The number of aromatic nitrogens is 2. The summed E-state index contributed by atoms with van der Waals surface area (Å²) in [5, 5.41) is 9.34. The Bertz CT molecular complexity index is 672. The molecule has 0 aliphatic carbocycles. The van der Waals surface area contributed by atoms with E-state index in [4.69, 9.17) is 0 Å². The van der Waals surface area contributed by atoms with Crippen LogP contribution in [0.15, 0.2) is 18.3 Å². The standard InChI is InChI=1S/C15H16N2O3/c1-8(2)12-13(15(19)20)11(7-18)17-14(12)10-6-9(3)4-5-16-10/h4-8,17H,1-3H3,(H,19,20). The van der Waals surface area contributed by atoms with Crippen molar-refractivity contribution in [3.05, 3.63) is 40.7 Å².